The minimum Gasteiger partial charge on any atom is -0.497 e. The maximum atomic E-state index is 5.77. The summed E-state index contributed by atoms with van der Waals surface area (Å²) in [5, 5.41) is 6.89. The highest BCUT2D eigenvalue weighted by Gasteiger charge is 2.39. The third-order valence-corrected chi connectivity index (χ3v) is 5.73. The summed E-state index contributed by atoms with van der Waals surface area (Å²) in [5.74, 6) is 2.49. The molecule has 2 heterocycles. The Morgan fingerprint density at radius 1 is 1.10 bits per heavy atom. The minimum atomic E-state index is 0. The first-order valence-corrected chi connectivity index (χ1v) is 10.3. The van der Waals surface area contributed by atoms with Gasteiger partial charge in [-0.15, -0.1) is 24.0 Å². The molecule has 7 nitrogen and oxygen atoms in total. The number of likely N-dealkylation sites (tertiary alicyclic amines) is 1. The fraction of sp³-hybridized carbons (Fsp3) is 0.667. The van der Waals surface area contributed by atoms with Gasteiger partial charge in [-0.05, 0) is 63.0 Å². The van der Waals surface area contributed by atoms with Crippen LogP contribution in [0.5, 0.6) is 11.5 Å². The van der Waals surface area contributed by atoms with E-state index < -0.39 is 0 Å². The molecule has 0 aromatic heterocycles. The molecular weight excluding hydrogens is 483 g/mol. The Hall–Kier alpha value is -1.26. The van der Waals surface area contributed by atoms with Crippen molar-refractivity contribution in [2.45, 2.75) is 31.2 Å². The van der Waals surface area contributed by atoms with Crippen molar-refractivity contribution >= 4 is 29.9 Å². The summed E-state index contributed by atoms with van der Waals surface area (Å²) in [6, 6.07) is 7.62. The van der Waals surface area contributed by atoms with Gasteiger partial charge in [0.2, 0.25) is 0 Å². The first-order chi connectivity index (χ1) is 13.8. The molecular formula is C21H35IN4O3. The number of nitrogens with one attached hydrogen (secondary N) is 2. The Morgan fingerprint density at radius 3 is 2.38 bits per heavy atom. The number of hydrogen-bond donors (Lipinski definition) is 2. The van der Waals surface area contributed by atoms with Crippen molar-refractivity contribution in [3.8, 4) is 11.5 Å². The molecule has 0 saturated carbocycles. The van der Waals surface area contributed by atoms with Gasteiger partial charge in [-0.25, -0.2) is 0 Å². The zero-order valence-electron chi connectivity index (χ0n) is 17.6. The summed E-state index contributed by atoms with van der Waals surface area (Å²) in [7, 11) is 3.47. The molecule has 0 aliphatic carbocycles. The Morgan fingerprint density at radius 2 is 1.76 bits per heavy atom. The van der Waals surface area contributed by atoms with E-state index >= 15 is 0 Å². The predicted octanol–water partition coefficient (Wildman–Crippen LogP) is 2.50. The number of ether oxygens (including phenoxy) is 3. The maximum absolute atomic E-state index is 5.77. The summed E-state index contributed by atoms with van der Waals surface area (Å²) < 4.78 is 16.6. The molecule has 3 rings (SSSR count). The van der Waals surface area contributed by atoms with E-state index in [9.17, 15) is 0 Å². The third kappa shape index (κ3) is 6.89. The van der Waals surface area contributed by atoms with Gasteiger partial charge in [0.25, 0.3) is 0 Å². The molecule has 2 aliphatic heterocycles. The molecule has 2 aliphatic rings. The number of hydrogen-bond acceptors (Lipinski definition) is 5. The van der Waals surface area contributed by atoms with Crippen molar-refractivity contribution < 1.29 is 14.2 Å². The molecule has 0 spiro atoms. The van der Waals surface area contributed by atoms with E-state index in [0.717, 1.165) is 50.1 Å². The second-order valence-corrected chi connectivity index (χ2v) is 7.41. The molecule has 1 aromatic carbocycles. The average molecular weight is 518 g/mol. The van der Waals surface area contributed by atoms with E-state index in [1.54, 1.807) is 7.11 Å². The number of methoxy groups -OCH3 is 1. The van der Waals surface area contributed by atoms with Crippen molar-refractivity contribution in [2.24, 2.45) is 4.99 Å². The van der Waals surface area contributed by atoms with Crippen LogP contribution >= 0.6 is 24.0 Å². The van der Waals surface area contributed by atoms with E-state index in [1.165, 1.54) is 25.9 Å². The number of benzene rings is 1. The predicted molar refractivity (Wildman–Crippen MR) is 127 cm³/mol. The van der Waals surface area contributed by atoms with Gasteiger partial charge in [-0.1, -0.05) is 0 Å². The van der Waals surface area contributed by atoms with Crippen molar-refractivity contribution in [1.29, 1.82) is 0 Å². The summed E-state index contributed by atoms with van der Waals surface area (Å²) >= 11 is 0. The van der Waals surface area contributed by atoms with Gasteiger partial charge in [-0.2, -0.15) is 0 Å². The van der Waals surface area contributed by atoms with Gasteiger partial charge in [0.1, 0.15) is 18.1 Å². The number of aliphatic imine (C=N–C) groups is 1. The average Bonchev–Trinajstić information content (AvgIpc) is 3.30. The molecule has 2 fully saturated rings. The topological polar surface area (TPSA) is 67.4 Å². The van der Waals surface area contributed by atoms with Crippen LogP contribution in [0.1, 0.15) is 25.7 Å². The molecule has 2 saturated heterocycles. The zero-order valence-corrected chi connectivity index (χ0v) is 19.9. The normalized spacial score (nSPS) is 19.3. The van der Waals surface area contributed by atoms with Crippen LogP contribution < -0.4 is 20.1 Å². The first kappa shape index (κ1) is 24.0. The second kappa shape index (κ2) is 12.4. The van der Waals surface area contributed by atoms with Crippen LogP contribution in [-0.4, -0.2) is 76.6 Å². The largest absolute Gasteiger partial charge is 0.497 e. The summed E-state index contributed by atoms with van der Waals surface area (Å²) in [5.41, 5.74) is 0.186. The lowest BCUT2D eigenvalue weighted by molar-refractivity contribution is -0.0164. The van der Waals surface area contributed by atoms with Gasteiger partial charge in [0, 0.05) is 32.3 Å². The molecule has 2 N–H and O–H groups in total. The van der Waals surface area contributed by atoms with Crippen LogP contribution in [0.15, 0.2) is 29.3 Å². The fourth-order valence-corrected chi connectivity index (χ4v) is 4.03. The highest BCUT2D eigenvalue weighted by atomic mass is 127. The quantitative estimate of drug-likeness (QED) is 0.239. The number of halogens is 1. The molecule has 1 aromatic rings. The lowest BCUT2D eigenvalue weighted by atomic mass is 9.88. The molecule has 0 bridgehead atoms. The first-order valence-electron chi connectivity index (χ1n) is 10.3. The van der Waals surface area contributed by atoms with E-state index in [-0.39, 0.29) is 29.5 Å². The van der Waals surface area contributed by atoms with Crippen LogP contribution in [0.2, 0.25) is 0 Å². The minimum absolute atomic E-state index is 0. The Bertz CT molecular complexity index is 615. The van der Waals surface area contributed by atoms with Crippen LogP contribution in [0.25, 0.3) is 0 Å². The SMILES string of the molecule is CN=C(NCCOc1ccc(OC)cc1)NCC1(N2CCCC2)CCOCC1.I. The van der Waals surface area contributed by atoms with Crippen molar-refractivity contribution in [3.05, 3.63) is 24.3 Å². The zero-order chi connectivity index (χ0) is 19.7. The Labute approximate surface area is 191 Å². The van der Waals surface area contributed by atoms with E-state index in [4.69, 9.17) is 14.2 Å². The summed E-state index contributed by atoms with van der Waals surface area (Å²) in [6.45, 7) is 6.24. The lowest BCUT2D eigenvalue weighted by Crippen LogP contribution is -2.58. The summed E-state index contributed by atoms with van der Waals surface area (Å²) in [6.07, 6.45) is 4.77. The monoisotopic (exact) mass is 518 g/mol. The van der Waals surface area contributed by atoms with E-state index in [2.05, 4.69) is 20.5 Å². The molecule has 8 heteroatoms. The van der Waals surface area contributed by atoms with Crippen LogP contribution in [0.3, 0.4) is 0 Å². The lowest BCUT2D eigenvalue weighted by Gasteiger charge is -2.45. The molecule has 0 amide bonds. The fourth-order valence-electron chi connectivity index (χ4n) is 4.03. The van der Waals surface area contributed by atoms with Gasteiger partial charge in [0.15, 0.2) is 5.96 Å². The van der Waals surface area contributed by atoms with Crippen LogP contribution in [-0.2, 0) is 4.74 Å². The van der Waals surface area contributed by atoms with Gasteiger partial charge in [0.05, 0.1) is 13.7 Å². The molecule has 29 heavy (non-hydrogen) atoms. The Balaban J connectivity index is 0.00000300. The van der Waals surface area contributed by atoms with Crippen molar-refractivity contribution in [1.82, 2.24) is 15.5 Å². The third-order valence-electron chi connectivity index (χ3n) is 5.73. The number of rotatable bonds is 8. The number of guanidine groups is 1. The van der Waals surface area contributed by atoms with Crippen LogP contribution in [0, 0.1) is 0 Å². The van der Waals surface area contributed by atoms with Gasteiger partial charge >= 0.3 is 0 Å². The van der Waals surface area contributed by atoms with E-state index in [1.807, 2.05) is 31.3 Å². The standard InChI is InChI=1S/C21H34N4O3.HI/c1-22-20(23-11-16-28-19-7-5-18(26-2)6-8-19)24-17-21(9-14-27-15-10-21)25-12-3-4-13-25;/h5-8H,3-4,9-17H2,1-2H3,(H2,22,23,24);1H. The molecule has 0 atom stereocenters. The molecule has 0 radical (unpaired) electrons. The van der Waals surface area contributed by atoms with Crippen molar-refractivity contribution in [3.63, 3.8) is 0 Å². The van der Waals surface area contributed by atoms with Gasteiger partial charge in [-0.3, -0.25) is 9.89 Å². The number of nitrogens with zero attached hydrogens (tertiary/aromatic N) is 2. The van der Waals surface area contributed by atoms with Crippen LogP contribution in [0.4, 0.5) is 0 Å². The molecule has 0 unspecified atom stereocenters. The second-order valence-electron chi connectivity index (χ2n) is 7.41. The Kier molecular flexibility index (Phi) is 10.3. The van der Waals surface area contributed by atoms with Gasteiger partial charge < -0.3 is 24.8 Å². The van der Waals surface area contributed by atoms with E-state index in [0.29, 0.717) is 13.2 Å². The van der Waals surface area contributed by atoms with Crippen molar-refractivity contribution in [2.75, 3.05) is 60.2 Å². The summed E-state index contributed by atoms with van der Waals surface area (Å²) in [4.78, 5) is 7.03. The smallest absolute Gasteiger partial charge is 0.191 e. The highest BCUT2D eigenvalue weighted by molar-refractivity contribution is 14.0. The molecule has 164 valence electrons. The maximum Gasteiger partial charge on any atom is 0.191 e. The highest BCUT2D eigenvalue weighted by Crippen LogP contribution is 2.30.